The van der Waals surface area contributed by atoms with E-state index in [9.17, 15) is 31.1 Å². The molecule has 184 valence electrons. The quantitative estimate of drug-likeness (QED) is 0.227. The average molecular weight is 533 g/mol. The van der Waals surface area contributed by atoms with Crippen LogP contribution < -0.4 is 4.74 Å². The maximum absolute atomic E-state index is 13.6. The number of rotatable bonds is 8. The zero-order valence-electron chi connectivity index (χ0n) is 17.6. The fourth-order valence-corrected chi connectivity index (χ4v) is 4.42. The molecule has 0 spiro atoms. The number of benzene rings is 2. The average Bonchev–Trinajstić information content (AvgIpc) is 3.20. The van der Waals surface area contributed by atoms with Crippen molar-refractivity contribution in [1.82, 2.24) is 4.37 Å². The summed E-state index contributed by atoms with van der Waals surface area (Å²) in [7, 11) is 0. The molecule has 0 fully saturated rings. The second-order valence-electron chi connectivity index (χ2n) is 7.37. The molecule has 3 rings (SSSR count). The summed E-state index contributed by atoms with van der Waals surface area (Å²) in [5.41, 5.74) is -0.306. The molecular weight excluding hydrogens is 518 g/mol. The van der Waals surface area contributed by atoms with Gasteiger partial charge in [-0.25, -0.2) is 0 Å². The van der Waals surface area contributed by atoms with Gasteiger partial charge in [-0.1, -0.05) is 35.9 Å². The molecular formula is C23H15ClF6N2O2S. The van der Waals surface area contributed by atoms with E-state index < -0.39 is 29.8 Å². The van der Waals surface area contributed by atoms with E-state index in [4.69, 9.17) is 16.9 Å². The van der Waals surface area contributed by atoms with Gasteiger partial charge in [-0.15, -0.1) is 13.2 Å². The molecule has 3 aromatic rings. The van der Waals surface area contributed by atoms with Crippen molar-refractivity contribution in [2.45, 2.75) is 38.2 Å². The van der Waals surface area contributed by atoms with Crippen LogP contribution in [0.4, 0.5) is 26.3 Å². The van der Waals surface area contributed by atoms with Crippen molar-refractivity contribution in [3.05, 3.63) is 69.9 Å². The van der Waals surface area contributed by atoms with E-state index >= 15 is 0 Å². The van der Waals surface area contributed by atoms with Crippen molar-refractivity contribution in [1.29, 1.82) is 5.26 Å². The Morgan fingerprint density at radius 2 is 1.71 bits per heavy atom. The van der Waals surface area contributed by atoms with Gasteiger partial charge < -0.3 is 4.74 Å². The number of ether oxygens (including phenoxy) is 1. The minimum absolute atomic E-state index is 0.0340. The van der Waals surface area contributed by atoms with Gasteiger partial charge >= 0.3 is 12.5 Å². The zero-order valence-corrected chi connectivity index (χ0v) is 19.2. The van der Waals surface area contributed by atoms with Crippen molar-refractivity contribution < 1.29 is 35.9 Å². The number of hydrogen-bond donors (Lipinski definition) is 0. The highest BCUT2D eigenvalue weighted by molar-refractivity contribution is 7.09. The summed E-state index contributed by atoms with van der Waals surface area (Å²) in [5.74, 6) is -1.37. The van der Waals surface area contributed by atoms with E-state index in [1.165, 1.54) is 30.3 Å². The Bertz CT molecular complexity index is 1250. The fraction of sp³-hybridized carbons (Fsp3) is 0.261. The third-order valence-electron chi connectivity index (χ3n) is 4.93. The van der Waals surface area contributed by atoms with Gasteiger partial charge in [0.15, 0.2) is 5.69 Å². The summed E-state index contributed by atoms with van der Waals surface area (Å²) < 4.78 is 87.1. The number of ketones is 1. The van der Waals surface area contributed by atoms with E-state index in [0.717, 1.165) is 6.07 Å². The predicted molar refractivity (Wildman–Crippen MR) is 117 cm³/mol. The molecule has 0 N–H and O–H groups in total. The van der Waals surface area contributed by atoms with Crippen LogP contribution in [0.15, 0.2) is 42.5 Å². The van der Waals surface area contributed by atoms with Gasteiger partial charge in [-0.05, 0) is 65.7 Å². The lowest BCUT2D eigenvalue weighted by Crippen LogP contribution is -2.18. The maximum Gasteiger partial charge on any atom is 0.573 e. The highest BCUT2D eigenvalue weighted by Gasteiger charge is 2.38. The molecule has 0 atom stereocenters. The first-order valence-electron chi connectivity index (χ1n) is 9.99. The normalized spacial score (nSPS) is 11.8. The fourth-order valence-electron chi connectivity index (χ4n) is 3.35. The van der Waals surface area contributed by atoms with Crippen molar-refractivity contribution in [2.75, 3.05) is 0 Å². The van der Waals surface area contributed by atoms with E-state index in [1.54, 1.807) is 12.1 Å². The SMILES string of the molecule is N#CC(=O)CCc1ccc(CCc2c(C(F)(F)F)nsc2-c2ccc(Cl)cc2)cc1OC(F)(F)F. The highest BCUT2D eigenvalue weighted by atomic mass is 35.5. The first-order valence-corrected chi connectivity index (χ1v) is 11.1. The monoisotopic (exact) mass is 532 g/mol. The number of aryl methyl sites for hydroxylation is 2. The summed E-state index contributed by atoms with van der Waals surface area (Å²) >= 11 is 6.54. The molecule has 35 heavy (non-hydrogen) atoms. The molecule has 0 saturated heterocycles. The van der Waals surface area contributed by atoms with E-state index in [1.807, 2.05) is 0 Å². The molecule has 2 aromatic carbocycles. The molecule has 0 amide bonds. The molecule has 0 radical (unpaired) electrons. The molecule has 1 aromatic heterocycles. The number of nitrogens with zero attached hydrogens (tertiary/aromatic N) is 2. The smallest absolute Gasteiger partial charge is 0.405 e. The van der Waals surface area contributed by atoms with Gasteiger partial charge in [0.05, 0.1) is 4.88 Å². The van der Waals surface area contributed by atoms with Crippen molar-refractivity contribution in [3.8, 4) is 22.3 Å². The van der Waals surface area contributed by atoms with Crippen LogP contribution >= 0.6 is 23.1 Å². The van der Waals surface area contributed by atoms with Gasteiger partial charge in [0.1, 0.15) is 11.8 Å². The van der Waals surface area contributed by atoms with E-state index in [2.05, 4.69) is 9.11 Å². The molecule has 4 nitrogen and oxygen atoms in total. The third kappa shape index (κ3) is 7.19. The van der Waals surface area contributed by atoms with Crippen molar-refractivity contribution in [2.24, 2.45) is 0 Å². The number of halogens is 7. The summed E-state index contributed by atoms with van der Waals surface area (Å²) in [6.07, 6.45) is -10.4. The Labute approximate surface area is 204 Å². The summed E-state index contributed by atoms with van der Waals surface area (Å²) in [6.45, 7) is 0. The second-order valence-corrected chi connectivity index (χ2v) is 8.58. The number of nitriles is 1. The zero-order chi connectivity index (χ0) is 25.8. The van der Waals surface area contributed by atoms with Gasteiger partial charge in [-0.2, -0.15) is 22.8 Å². The molecule has 0 unspecified atom stereocenters. The van der Waals surface area contributed by atoms with Gasteiger partial charge in [0.2, 0.25) is 5.78 Å². The van der Waals surface area contributed by atoms with Gasteiger partial charge in [-0.3, -0.25) is 4.79 Å². The molecule has 0 aliphatic heterocycles. The lowest BCUT2D eigenvalue weighted by molar-refractivity contribution is -0.274. The largest absolute Gasteiger partial charge is 0.573 e. The summed E-state index contributed by atoms with van der Waals surface area (Å²) in [4.78, 5) is 11.5. The lowest BCUT2D eigenvalue weighted by Gasteiger charge is -2.15. The Morgan fingerprint density at radius 1 is 1.03 bits per heavy atom. The van der Waals surface area contributed by atoms with Crippen LogP contribution in [0.2, 0.25) is 5.02 Å². The molecule has 0 aliphatic rings. The predicted octanol–water partition coefficient (Wildman–Crippen LogP) is 7.19. The van der Waals surface area contributed by atoms with Crippen LogP contribution in [-0.2, 0) is 30.2 Å². The maximum atomic E-state index is 13.6. The number of alkyl halides is 6. The third-order valence-corrected chi connectivity index (χ3v) is 6.12. The molecule has 0 bridgehead atoms. The highest BCUT2D eigenvalue weighted by Crippen LogP contribution is 2.40. The summed E-state index contributed by atoms with van der Waals surface area (Å²) in [6, 6.07) is 11.4. The topological polar surface area (TPSA) is 63.0 Å². The van der Waals surface area contributed by atoms with E-state index in [0.29, 0.717) is 27.7 Å². The minimum Gasteiger partial charge on any atom is -0.405 e. The van der Waals surface area contributed by atoms with Crippen LogP contribution in [0.5, 0.6) is 5.75 Å². The number of carbonyl (C=O) groups excluding carboxylic acids is 1. The van der Waals surface area contributed by atoms with Gasteiger partial charge in [0, 0.05) is 17.0 Å². The van der Waals surface area contributed by atoms with Crippen LogP contribution in [0.3, 0.4) is 0 Å². The Kier molecular flexibility index (Phi) is 8.07. The van der Waals surface area contributed by atoms with Gasteiger partial charge in [0.25, 0.3) is 0 Å². The van der Waals surface area contributed by atoms with Crippen LogP contribution in [0.1, 0.15) is 28.8 Å². The minimum atomic E-state index is -5.02. The van der Waals surface area contributed by atoms with Crippen molar-refractivity contribution in [3.63, 3.8) is 0 Å². The first-order chi connectivity index (χ1) is 16.4. The summed E-state index contributed by atoms with van der Waals surface area (Å²) in [5, 5.41) is 8.98. The Balaban J connectivity index is 1.91. The standard InChI is InChI=1S/C23H15ClF6N2O2S/c24-16-7-4-15(5-8-16)20-18(21(32-35-20)22(25,26)27)10-2-13-1-3-14(6-9-17(33)12-31)19(11-13)34-23(28,29)30/h1,3-5,7-8,11H,2,6,9-10H2. The van der Waals surface area contributed by atoms with Crippen LogP contribution in [0.25, 0.3) is 10.4 Å². The number of Topliss-reactive ketones (excluding diaryl/α,β-unsaturated/α-hetero) is 1. The van der Waals surface area contributed by atoms with E-state index in [-0.39, 0.29) is 41.7 Å². The van der Waals surface area contributed by atoms with Crippen molar-refractivity contribution >= 4 is 28.9 Å². The molecule has 1 heterocycles. The number of carbonyl (C=O) groups is 1. The Hall–Kier alpha value is -3.10. The molecule has 12 heteroatoms. The first kappa shape index (κ1) is 26.5. The second kappa shape index (κ2) is 10.7. The Morgan fingerprint density at radius 3 is 2.31 bits per heavy atom. The lowest BCUT2D eigenvalue weighted by atomic mass is 9.98. The number of aromatic nitrogens is 1. The number of hydrogen-bond acceptors (Lipinski definition) is 5. The van der Waals surface area contributed by atoms with Crippen LogP contribution in [0, 0.1) is 11.3 Å². The molecule has 0 saturated carbocycles. The molecule has 0 aliphatic carbocycles. The van der Waals surface area contributed by atoms with Crippen LogP contribution in [-0.4, -0.2) is 16.5 Å².